The van der Waals surface area contributed by atoms with Crippen molar-refractivity contribution < 1.29 is 18.3 Å². The minimum atomic E-state index is -3.86. The Kier molecular flexibility index (Phi) is 3.49. The number of rotatable bonds is 4. The average molecular weight is 295 g/mol. The summed E-state index contributed by atoms with van der Waals surface area (Å²) in [6.07, 6.45) is 0. The second-order valence-corrected chi connectivity index (χ2v) is 5.93. The number of hydrogen-bond acceptors (Lipinski definition) is 4. The third-order valence-corrected chi connectivity index (χ3v) is 4.10. The lowest BCUT2D eigenvalue weighted by molar-refractivity contribution is 0.0696. The topological polar surface area (TPSA) is 112 Å². The van der Waals surface area contributed by atoms with Crippen LogP contribution in [0, 0.1) is 13.8 Å². The summed E-state index contributed by atoms with van der Waals surface area (Å²) in [7, 11) is -3.86. The minimum Gasteiger partial charge on any atom is -0.478 e. The van der Waals surface area contributed by atoms with Gasteiger partial charge in [0, 0.05) is 0 Å². The molecule has 0 aliphatic rings. The van der Waals surface area contributed by atoms with Crippen molar-refractivity contribution in [3.05, 3.63) is 41.2 Å². The van der Waals surface area contributed by atoms with Crippen LogP contribution < -0.4 is 4.72 Å². The molecule has 0 amide bonds. The van der Waals surface area contributed by atoms with Crippen LogP contribution in [0.4, 0.5) is 5.69 Å². The Hall–Kier alpha value is -2.35. The van der Waals surface area contributed by atoms with E-state index in [4.69, 9.17) is 5.11 Å². The summed E-state index contributed by atoms with van der Waals surface area (Å²) in [5.74, 6) is -1.18. The highest BCUT2D eigenvalue weighted by molar-refractivity contribution is 7.92. The van der Waals surface area contributed by atoms with Crippen molar-refractivity contribution in [1.82, 2.24) is 10.2 Å². The molecule has 0 unspecified atom stereocenters. The number of hydrogen-bond donors (Lipinski definition) is 3. The van der Waals surface area contributed by atoms with Gasteiger partial charge in [0.15, 0.2) is 0 Å². The number of H-pyrrole nitrogens is 1. The van der Waals surface area contributed by atoms with Gasteiger partial charge in [-0.2, -0.15) is 5.10 Å². The highest BCUT2D eigenvalue weighted by atomic mass is 32.2. The van der Waals surface area contributed by atoms with Crippen LogP contribution in [0.25, 0.3) is 0 Å². The van der Waals surface area contributed by atoms with Gasteiger partial charge in [-0.1, -0.05) is 6.07 Å². The van der Waals surface area contributed by atoms with E-state index in [1.807, 2.05) is 0 Å². The van der Waals surface area contributed by atoms with E-state index in [2.05, 4.69) is 14.9 Å². The zero-order chi connectivity index (χ0) is 14.9. The molecule has 0 aliphatic heterocycles. The Morgan fingerprint density at radius 3 is 2.60 bits per heavy atom. The zero-order valence-corrected chi connectivity index (χ0v) is 11.7. The average Bonchev–Trinajstić information content (AvgIpc) is 2.70. The fourth-order valence-electron chi connectivity index (χ4n) is 1.69. The summed E-state index contributed by atoms with van der Waals surface area (Å²) in [5.41, 5.74) is 1.38. The third kappa shape index (κ3) is 2.64. The van der Waals surface area contributed by atoms with Crippen LogP contribution in [-0.4, -0.2) is 29.7 Å². The first-order valence-corrected chi connectivity index (χ1v) is 7.17. The van der Waals surface area contributed by atoms with E-state index in [0.717, 1.165) is 6.07 Å². The van der Waals surface area contributed by atoms with Gasteiger partial charge in [0.2, 0.25) is 0 Å². The number of aromatic carboxylic acids is 1. The molecule has 0 atom stereocenters. The molecule has 106 valence electrons. The standard InChI is InChI=1S/C12H13N3O4S/c1-7-11(8(2)14-13-7)15-20(18,19)10-5-3-4-9(6-10)12(16)17/h3-6,15H,1-2H3,(H,13,14)(H,16,17). The van der Waals surface area contributed by atoms with Crippen LogP contribution in [0.3, 0.4) is 0 Å². The van der Waals surface area contributed by atoms with E-state index in [1.54, 1.807) is 13.8 Å². The van der Waals surface area contributed by atoms with Crippen molar-refractivity contribution in [1.29, 1.82) is 0 Å². The van der Waals surface area contributed by atoms with Crippen LogP contribution in [0.1, 0.15) is 21.7 Å². The van der Waals surface area contributed by atoms with Gasteiger partial charge in [0.25, 0.3) is 10.0 Å². The smallest absolute Gasteiger partial charge is 0.335 e. The number of aromatic nitrogens is 2. The van der Waals surface area contributed by atoms with Gasteiger partial charge >= 0.3 is 5.97 Å². The number of nitrogens with one attached hydrogen (secondary N) is 2. The maximum atomic E-state index is 12.2. The summed E-state index contributed by atoms with van der Waals surface area (Å²) < 4.78 is 26.9. The number of sulfonamides is 1. The number of carbonyl (C=O) groups is 1. The number of carboxylic acid groups (broad SMARTS) is 1. The van der Waals surface area contributed by atoms with E-state index in [1.165, 1.54) is 18.2 Å². The van der Waals surface area contributed by atoms with Gasteiger partial charge in [0.1, 0.15) is 0 Å². The third-order valence-electron chi connectivity index (χ3n) is 2.76. The summed E-state index contributed by atoms with van der Waals surface area (Å²) in [6, 6.07) is 5.15. The number of benzene rings is 1. The lowest BCUT2D eigenvalue weighted by atomic mass is 10.2. The van der Waals surface area contributed by atoms with Gasteiger partial charge < -0.3 is 5.11 Å². The Bertz CT molecular complexity index is 745. The molecule has 1 heterocycles. The fraction of sp³-hybridized carbons (Fsp3) is 0.167. The van der Waals surface area contributed by atoms with Gasteiger partial charge in [-0.15, -0.1) is 0 Å². The number of anilines is 1. The predicted octanol–water partition coefficient (Wildman–Crippen LogP) is 1.53. The van der Waals surface area contributed by atoms with Crippen molar-refractivity contribution in [3.63, 3.8) is 0 Å². The first-order chi connectivity index (χ1) is 9.31. The summed E-state index contributed by atoms with van der Waals surface area (Å²) in [6.45, 7) is 3.35. The zero-order valence-electron chi connectivity index (χ0n) is 10.8. The molecule has 0 bridgehead atoms. The molecular weight excluding hydrogens is 282 g/mol. The predicted molar refractivity (Wildman–Crippen MR) is 72.3 cm³/mol. The molecule has 0 saturated heterocycles. The van der Waals surface area contributed by atoms with Gasteiger partial charge in [-0.3, -0.25) is 9.82 Å². The second kappa shape index (κ2) is 4.97. The number of aromatic amines is 1. The van der Waals surface area contributed by atoms with E-state index < -0.39 is 16.0 Å². The second-order valence-electron chi connectivity index (χ2n) is 4.25. The van der Waals surface area contributed by atoms with Gasteiger partial charge in [-0.05, 0) is 32.0 Å². The molecule has 0 fully saturated rings. The Morgan fingerprint density at radius 2 is 2.05 bits per heavy atom. The van der Waals surface area contributed by atoms with Crippen molar-refractivity contribution in [2.45, 2.75) is 18.7 Å². The SMILES string of the molecule is Cc1n[nH]c(C)c1NS(=O)(=O)c1cccc(C(=O)O)c1. The van der Waals surface area contributed by atoms with Crippen molar-refractivity contribution >= 4 is 21.7 Å². The molecule has 2 rings (SSSR count). The summed E-state index contributed by atoms with van der Waals surface area (Å²) in [5, 5.41) is 15.5. The molecule has 0 spiro atoms. The van der Waals surface area contributed by atoms with Gasteiger partial charge in [-0.25, -0.2) is 13.2 Å². The Morgan fingerprint density at radius 1 is 1.35 bits per heavy atom. The van der Waals surface area contributed by atoms with Crippen molar-refractivity contribution in [3.8, 4) is 0 Å². The molecule has 8 heteroatoms. The fourth-order valence-corrected chi connectivity index (χ4v) is 2.92. The van der Waals surface area contributed by atoms with E-state index in [9.17, 15) is 13.2 Å². The lowest BCUT2D eigenvalue weighted by Gasteiger charge is -2.08. The molecule has 2 aromatic rings. The first kappa shape index (κ1) is 14.1. The Balaban J connectivity index is 2.41. The minimum absolute atomic E-state index is 0.0893. The molecule has 7 nitrogen and oxygen atoms in total. The number of aryl methyl sites for hydroxylation is 2. The molecule has 0 radical (unpaired) electrons. The van der Waals surface area contributed by atoms with E-state index >= 15 is 0 Å². The molecule has 0 saturated carbocycles. The van der Waals surface area contributed by atoms with Crippen molar-refractivity contribution in [2.24, 2.45) is 0 Å². The number of carboxylic acids is 1. The van der Waals surface area contributed by atoms with E-state index in [0.29, 0.717) is 17.1 Å². The molecule has 1 aromatic carbocycles. The molecule has 3 N–H and O–H groups in total. The molecule has 20 heavy (non-hydrogen) atoms. The summed E-state index contributed by atoms with van der Waals surface area (Å²) >= 11 is 0. The van der Waals surface area contributed by atoms with Gasteiger partial charge in [0.05, 0.1) is 27.5 Å². The monoisotopic (exact) mass is 295 g/mol. The van der Waals surface area contributed by atoms with Crippen LogP contribution in [0.2, 0.25) is 0 Å². The first-order valence-electron chi connectivity index (χ1n) is 5.69. The van der Waals surface area contributed by atoms with Crippen LogP contribution >= 0.6 is 0 Å². The molecule has 0 aliphatic carbocycles. The van der Waals surface area contributed by atoms with Crippen LogP contribution in [-0.2, 0) is 10.0 Å². The van der Waals surface area contributed by atoms with E-state index in [-0.39, 0.29) is 10.5 Å². The van der Waals surface area contributed by atoms with Crippen molar-refractivity contribution in [2.75, 3.05) is 4.72 Å². The lowest BCUT2D eigenvalue weighted by Crippen LogP contribution is -2.14. The Labute approximate surface area is 115 Å². The largest absolute Gasteiger partial charge is 0.478 e. The molecule has 1 aromatic heterocycles. The normalized spacial score (nSPS) is 11.3. The quantitative estimate of drug-likeness (QED) is 0.791. The van der Waals surface area contributed by atoms with Crippen LogP contribution in [0.5, 0.6) is 0 Å². The highest BCUT2D eigenvalue weighted by Crippen LogP contribution is 2.21. The molecular formula is C12H13N3O4S. The number of nitrogens with zero attached hydrogens (tertiary/aromatic N) is 1. The highest BCUT2D eigenvalue weighted by Gasteiger charge is 2.19. The summed E-state index contributed by atoms with van der Waals surface area (Å²) in [4.78, 5) is 10.8. The maximum absolute atomic E-state index is 12.2. The maximum Gasteiger partial charge on any atom is 0.335 e. The van der Waals surface area contributed by atoms with Crippen LogP contribution in [0.15, 0.2) is 29.2 Å².